The van der Waals surface area contributed by atoms with Crippen molar-refractivity contribution in [2.75, 3.05) is 6.54 Å². The fourth-order valence-corrected chi connectivity index (χ4v) is 2.49. The molecule has 1 heterocycles. The number of hydrogen-bond donors (Lipinski definition) is 2. The molecule has 0 aromatic carbocycles. The largest absolute Gasteiger partial charge is 0.480 e. The maximum atomic E-state index is 12.2. The Hall–Kier alpha value is -1.26. The molecule has 2 unspecified atom stereocenters. The van der Waals surface area contributed by atoms with E-state index in [1.165, 1.54) is 4.90 Å². The van der Waals surface area contributed by atoms with E-state index >= 15 is 0 Å². The SMILES string of the molecule is CCC(NC(=O)N1CCCC1(C)C(=O)O)C(C)C. The molecule has 0 aliphatic carbocycles. The molecule has 2 atom stereocenters. The normalized spacial score (nSPS) is 25.3. The van der Waals surface area contributed by atoms with Crippen LogP contribution in [0.4, 0.5) is 4.79 Å². The number of likely N-dealkylation sites (tertiary alicyclic amines) is 1. The lowest BCUT2D eigenvalue weighted by Gasteiger charge is -2.33. The number of aliphatic carboxylic acids is 1. The Kier molecular flexibility index (Phi) is 4.59. The molecule has 0 bridgehead atoms. The molecule has 2 N–H and O–H groups in total. The Morgan fingerprint density at radius 1 is 1.44 bits per heavy atom. The summed E-state index contributed by atoms with van der Waals surface area (Å²) in [6.07, 6.45) is 2.12. The number of urea groups is 1. The van der Waals surface area contributed by atoms with Crippen molar-refractivity contribution >= 4 is 12.0 Å². The van der Waals surface area contributed by atoms with Gasteiger partial charge in [-0.1, -0.05) is 20.8 Å². The van der Waals surface area contributed by atoms with Gasteiger partial charge in [-0.3, -0.25) is 0 Å². The van der Waals surface area contributed by atoms with Crippen LogP contribution in [-0.4, -0.2) is 40.1 Å². The number of nitrogens with one attached hydrogen (secondary N) is 1. The van der Waals surface area contributed by atoms with Gasteiger partial charge in [-0.2, -0.15) is 0 Å². The van der Waals surface area contributed by atoms with Gasteiger partial charge >= 0.3 is 12.0 Å². The molecule has 5 heteroatoms. The molecule has 0 aromatic rings. The zero-order chi connectivity index (χ0) is 13.9. The minimum Gasteiger partial charge on any atom is -0.480 e. The summed E-state index contributed by atoms with van der Waals surface area (Å²) in [6, 6.07) is -0.158. The summed E-state index contributed by atoms with van der Waals surface area (Å²) in [5.41, 5.74) is -1.06. The van der Waals surface area contributed by atoms with Gasteiger partial charge in [-0.05, 0) is 32.1 Å². The highest BCUT2D eigenvalue weighted by molar-refractivity contribution is 5.86. The molecule has 0 radical (unpaired) electrons. The number of carboxylic acids is 1. The average molecular weight is 256 g/mol. The van der Waals surface area contributed by atoms with Gasteiger partial charge in [-0.15, -0.1) is 0 Å². The number of hydrogen-bond acceptors (Lipinski definition) is 2. The van der Waals surface area contributed by atoms with Crippen molar-refractivity contribution in [2.45, 2.75) is 58.5 Å². The second-order valence-electron chi connectivity index (χ2n) is 5.54. The van der Waals surface area contributed by atoms with Gasteiger partial charge in [-0.25, -0.2) is 9.59 Å². The quantitative estimate of drug-likeness (QED) is 0.809. The number of rotatable bonds is 4. The minimum atomic E-state index is -1.06. The number of carbonyl (C=O) groups is 2. The van der Waals surface area contributed by atoms with Crippen LogP contribution < -0.4 is 5.32 Å². The van der Waals surface area contributed by atoms with Crippen LogP contribution in [0.5, 0.6) is 0 Å². The summed E-state index contributed by atoms with van der Waals surface area (Å²) in [6.45, 7) is 8.26. The molecule has 0 saturated carbocycles. The zero-order valence-electron chi connectivity index (χ0n) is 11.7. The lowest BCUT2D eigenvalue weighted by atomic mass is 9.99. The van der Waals surface area contributed by atoms with Crippen LogP contribution >= 0.6 is 0 Å². The van der Waals surface area contributed by atoms with Crippen molar-refractivity contribution in [1.29, 1.82) is 0 Å². The molecular weight excluding hydrogens is 232 g/mol. The van der Waals surface area contributed by atoms with Crippen molar-refractivity contribution in [1.82, 2.24) is 10.2 Å². The van der Waals surface area contributed by atoms with Crippen LogP contribution in [-0.2, 0) is 4.79 Å². The first kappa shape index (κ1) is 14.8. The second-order valence-corrected chi connectivity index (χ2v) is 5.54. The predicted molar refractivity (Wildman–Crippen MR) is 69.4 cm³/mol. The van der Waals surface area contributed by atoms with E-state index < -0.39 is 11.5 Å². The van der Waals surface area contributed by atoms with E-state index in [0.717, 1.165) is 12.8 Å². The molecule has 1 rings (SSSR count). The van der Waals surface area contributed by atoms with E-state index in [9.17, 15) is 14.7 Å². The number of carboxylic acid groups (broad SMARTS) is 1. The molecule has 5 nitrogen and oxygen atoms in total. The smallest absolute Gasteiger partial charge is 0.329 e. The van der Waals surface area contributed by atoms with E-state index in [1.54, 1.807) is 6.92 Å². The van der Waals surface area contributed by atoms with Crippen LogP contribution in [0, 0.1) is 5.92 Å². The molecule has 2 amide bonds. The zero-order valence-corrected chi connectivity index (χ0v) is 11.7. The molecule has 1 aliphatic heterocycles. The van der Waals surface area contributed by atoms with Gasteiger partial charge in [0.25, 0.3) is 0 Å². The van der Waals surface area contributed by atoms with Crippen LogP contribution in [0.15, 0.2) is 0 Å². The Balaban J connectivity index is 2.75. The van der Waals surface area contributed by atoms with Crippen molar-refractivity contribution < 1.29 is 14.7 Å². The molecule has 1 saturated heterocycles. The lowest BCUT2D eigenvalue weighted by molar-refractivity contribution is -0.147. The third-order valence-electron chi connectivity index (χ3n) is 3.90. The van der Waals surface area contributed by atoms with Gasteiger partial charge in [0.1, 0.15) is 5.54 Å². The van der Waals surface area contributed by atoms with Crippen molar-refractivity contribution in [3.63, 3.8) is 0 Å². The maximum Gasteiger partial charge on any atom is 0.329 e. The first-order valence-corrected chi connectivity index (χ1v) is 6.64. The summed E-state index contributed by atoms with van der Waals surface area (Å²) in [5.74, 6) is -0.578. The average Bonchev–Trinajstić information content (AvgIpc) is 2.69. The van der Waals surface area contributed by atoms with E-state index in [-0.39, 0.29) is 12.1 Å². The molecular formula is C13H24N2O3. The topological polar surface area (TPSA) is 69.6 Å². The molecule has 0 aromatic heterocycles. The van der Waals surface area contributed by atoms with Gasteiger partial charge < -0.3 is 15.3 Å². The van der Waals surface area contributed by atoms with Gasteiger partial charge in [0.05, 0.1) is 0 Å². The van der Waals surface area contributed by atoms with Gasteiger partial charge in [0, 0.05) is 12.6 Å². The van der Waals surface area contributed by atoms with Crippen LogP contribution in [0.1, 0.15) is 47.0 Å². The summed E-state index contributed by atoms with van der Waals surface area (Å²) in [5, 5.41) is 12.2. The van der Waals surface area contributed by atoms with Crippen molar-refractivity contribution in [3.8, 4) is 0 Å². The van der Waals surface area contributed by atoms with Gasteiger partial charge in [0.2, 0.25) is 0 Å². The second kappa shape index (κ2) is 5.59. The number of amides is 2. The Morgan fingerprint density at radius 3 is 2.50 bits per heavy atom. The molecule has 18 heavy (non-hydrogen) atoms. The van der Waals surface area contributed by atoms with E-state index in [0.29, 0.717) is 18.9 Å². The highest BCUT2D eigenvalue weighted by atomic mass is 16.4. The maximum absolute atomic E-state index is 12.2. The van der Waals surface area contributed by atoms with Crippen molar-refractivity contribution in [2.24, 2.45) is 5.92 Å². The predicted octanol–water partition coefficient (Wildman–Crippen LogP) is 2.07. The third kappa shape index (κ3) is 2.76. The summed E-state index contributed by atoms with van der Waals surface area (Å²) < 4.78 is 0. The van der Waals surface area contributed by atoms with E-state index in [1.807, 2.05) is 6.92 Å². The van der Waals surface area contributed by atoms with E-state index in [4.69, 9.17) is 0 Å². The molecule has 104 valence electrons. The molecule has 1 fully saturated rings. The first-order chi connectivity index (χ1) is 8.32. The highest BCUT2D eigenvalue weighted by Gasteiger charge is 2.46. The summed E-state index contributed by atoms with van der Waals surface area (Å²) in [4.78, 5) is 25.0. The van der Waals surface area contributed by atoms with Gasteiger partial charge in [0.15, 0.2) is 0 Å². The lowest BCUT2D eigenvalue weighted by Crippen LogP contribution is -2.56. The number of carbonyl (C=O) groups excluding carboxylic acids is 1. The third-order valence-corrected chi connectivity index (χ3v) is 3.90. The van der Waals surface area contributed by atoms with Crippen LogP contribution in [0.2, 0.25) is 0 Å². The highest BCUT2D eigenvalue weighted by Crippen LogP contribution is 2.29. The van der Waals surface area contributed by atoms with Crippen LogP contribution in [0.3, 0.4) is 0 Å². The monoisotopic (exact) mass is 256 g/mol. The fourth-order valence-electron chi connectivity index (χ4n) is 2.49. The van der Waals surface area contributed by atoms with Crippen molar-refractivity contribution in [3.05, 3.63) is 0 Å². The number of nitrogens with zero attached hydrogens (tertiary/aromatic N) is 1. The molecule has 0 spiro atoms. The molecule has 1 aliphatic rings. The Morgan fingerprint density at radius 2 is 2.06 bits per heavy atom. The fraction of sp³-hybridized carbons (Fsp3) is 0.846. The summed E-state index contributed by atoms with van der Waals surface area (Å²) in [7, 11) is 0. The summed E-state index contributed by atoms with van der Waals surface area (Å²) >= 11 is 0. The minimum absolute atomic E-state index is 0.0937. The standard InChI is InChI=1S/C13H24N2O3/c1-5-10(9(2)3)14-12(18)15-8-6-7-13(15,4)11(16)17/h9-10H,5-8H2,1-4H3,(H,14,18)(H,16,17). The first-order valence-electron chi connectivity index (χ1n) is 6.64. The van der Waals surface area contributed by atoms with E-state index in [2.05, 4.69) is 19.2 Å². The Labute approximate surface area is 109 Å². The Bertz CT molecular complexity index is 330. The van der Waals surface area contributed by atoms with Crippen LogP contribution in [0.25, 0.3) is 0 Å².